The molecule has 0 atom stereocenters. The standard InChI is InChI=1S/C18H20N4O5S/c1-28(26,27)20-15-6-4-5-14(12-15)19-18(23)13-7-8-16(17(11-13)22(24)25)21-9-2-3-10-21/h4-8,11-12,20H,2-3,9-10H2,1H3,(H,19,23). The molecule has 0 aromatic heterocycles. The second-order valence-corrected chi connectivity index (χ2v) is 8.31. The van der Waals surface area contributed by atoms with E-state index in [4.69, 9.17) is 0 Å². The minimum absolute atomic E-state index is 0.109. The first-order valence-corrected chi connectivity index (χ1v) is 10.5. The van der Waals surface area contributed by atoms with Gasteiger partial charge in [0.1, 0.15) is 5.69 Å². The van der Waals surface area contributed by atoms with Gasteiger partial charge in [-0.05, 0) is 43.2 Å². The summed E-state index contributed by atoms with van der Waals surface area (Å²) in [6.45, 7) is 1.51. The molecule has 0 bridgehead atoms. The summed E-state index contributed by atoms with van der Waals surface area (Å²) in [4.78, 5) is 25.5. The number of carbonyl (C=O) groups excluding carboxylic acids is 1. The minimum Gasteiger partial charge on any atom is -0.366 e. The van der Waals surface area contributed by atoms with Gasteiger partial charge >= 0.3 is 0 Å². The van der Waals surface area contributed by atoms with Crippen LogP contribution in [0.5, 0.6) is 0 Å². The Balaban J connectivity index is 1.82. The second kappa shape index (κ2) is 7.85. The molecule has 0 unspecified atom stereocenters. The summed E-state index contributed by atoms with van der Waals surface area (Å²) in [5, 5.41) is 14.1. The highest BCUT2D eigenvalue weighted by Crippen LogP contribution is 2.32. The number of benzene rings is 2. The van der Waals surface area contributed by atoms with Crippen molar-refractivity contribution in [3.8, 4) is 0 Å². The first-order valence-electron chi connectivity index (χ1n) is 8.65. The van der Waals surface area contributed by atoms with Gasteiger partial charge in [0.2, 0.25) is 10.0 Å². The summed E-state index contributed by atoms with van der Waals surface area (Å²) in [7, 11) is -3.45. The van der Waals surface area contributed by atoms with E-state index in [1.165, 1.54) is 12.1 Å². The Bertz CT molecular complexity index is 1020. The van der Waals surface area contributed by atoms with E-state index >= 15 is 0 Å². The molecule has 1 saturated heterocycles. The van der Waals surface area contributed by atoms with E-state index in [1.54, 1.807) is 30.3 Å². The van der Waals surface area contributed by atoms with Crippen LogP contribution in [0.1, 0.15) is 23.2 Å². The van der Waals surface area contributed by atoms with E-state index in [-0.39, 0.29) is 11.3 Å². The molecule has 1 aliphatic rings. The highest BCUT2D eigenvalue weighted by atomic mass is 32.2. The summed E-state index contributed by atoms with van der Waals surface area (Å²) >= 11 is 0. The first kappa shape index (κ1) is 19.6. The second-order valence-electron chi connectivity index (χ2n) is 6.56. The Labute approximate surface area is 162 Å². The fourth-order valence-electron chi connectivity index (χ4n) is 3.11. The van der Waals surface area contributed by atoms with E-state index in [0.29, 0.717) is 17.1 Å². The van der Waals surface area contributed by atoms with E-state index in [1.807, 2.05) is 4.90 Å². The van der Waals surface area contributed by atoms with Gasteiger partial charge in [-0.2, -0.15) is 0 Å². The van der Waals surface area contributed by atoms with Gasteiger partial charge in [0.25, 0.3) is 11.6 Å². The van der Waals surface area contributed by atoms with Crippen molar-refractivity contribution in [1.29, 1.82) is 0 Å². The monoisotopic (exact) mass is 404 g/mol. The van der Waals surface area contributed by atoms with Crippen LogP contribution in [0.2, 0.25) is 0 Å². The number of carbonyl (C=O) groups is 1. The lowest BCUT2D eigenvalue weighted by Crippen LogP contribution is -2.20. The maximum atomic E-state index is 12.5. The van der Waals surface area contributed by atoms with Crippen LogP contribution in [0.4, 0.5) is 22.7 Å². The summed E-state index contributed by atoms with van der Waals surface area (Å²) in [5.74, 6) is -0.521. The van der Waals surface area contributed by atoms with Gasteiger partial charge in [-0.15, -0.1) is 0 Å². The molecular weight excluding hydrogens is 384 g/mol. The number of hydrogen-bond donors (Lipinski definition) is 2. The van der Waals surface area contributed by atoms with E-state index < -0.39 is 20.9 Å². The number of rotatable bonds is 6. The molecule has 10 heteroatoms. The number of hydrogen-bond acceptors (Lipinski definition) is 6. The third-order valence-corrected chi connectivity index (χ3v) is 4.91. The van der Waals surface area contributed by atoms with Crippen molar-refractivity contribution in [2.75, 3.05) is 34.3 Å². The Hall–Kier alpha value is -3.14. The van der Waals surface area contributed by atoms with Gasteiger partial charge in [-0.1, -0.05) is 6.07 Å². The SMILES string of the molecule is CS(=O)(=O)Nc1cccc(NC(=O)c2ccc(N3CCCC3)c([N+](=O)[O-])c2)c1. The van der Waals surface area contributed by atoms with Crippen LogP contribution in [0, 0.1) is 10.1 Å². The van der Waals surface area contributed by atoms with Crippen molar-refractivity contribution in [3.63, 3.8) is 0 Å². The fourth-order valence-corrected chi connectivity index (χ4v) is 3.67. The maximum Gasteiger partial charge on any atom is 0.293 e. The first-order chi connectivity index (χ1) is 13.2. The Kier molecular flexibility index (Phi) is 5.50. The zero-order chi connectivity index (χ0) is 20.3. The zero-order valence-corrected chi connectivity index (χ0v) is 16.0. The van der Waals surface area contributed by atoms with Crippen LogP contribution in [0.3, 0.4) is 0 Å². The molecule has 9 nitrogen and oxygen atoms in total. The number of nitro benzene ring substituents is 1. The van der Waals surface area contributed by atoms with Gasteiger partial charge in [0.05, 0.1) is 16.9 Å². The van der Waals surface area contributed by atoms with Gasteiger partial charge in [-0.25, -0.2) is 8.42 Å². The molecule has 1 fully saturated rings. The lowest BCUT2D eigenvalue weighted by molar-refractivity contribution is -0.384. The van der Waals surface area contributed by atoms with Crippen molar-refractivity contribution in [1.82, 2.24) is 0 Å². The minimum atomic E-state index is -3.45. The molecule has 1 aliphatic heterocycles. The normalized spacial score (nSPS) is 14.0. The summed E-state index contributed by atoms with van der Waals surface area (Å²) in [5.41, 5.74) is 1.22. The van der Waals surface area contributed by atoms with Crippen LogP contribution in [0.15, 0.2) is 42.5 Å². The Morgan fingerprint density at radius 2 is 1.79 bits per heavy atom. The summed E-state index contributed by atoms with van der Waals surface area (Å²) in [6.07, 6.45) is 2.99. The smallest absolute Gasteiger partial charge is 0.293 e. The fraction of sp³-hybridized carbons (Fsp3) is 0.278. The van der Waals surface area contributed by atoms with Crippen molar-refractivity contribution >= 4 is 38.7 Å². The molecule has 2 aromatic rings. The molecule has 0 spiro atoms. The van der Waals surface area contributed by atoms with Gasteiger partial charge < -0.3 is 10.2 Å². The molecule has 1 amide bonds. The number of nitro groups is 1. The van der Waals surface area contributed by atoms with Gasteiger partial charge in [0, 0.05) is 30.4 Å². The third kappa shape index (κ3) is 4.77. The average molecular weight is 404 g/mol. The van der Waals surface area contributed by atoms with Gasteiger partial charge in [0.15, 0.2) is 0 Å². The maximum absolute atomic E-state index is 12.5. The number of anilines is 3. The summed E-state index contributed by atoms with van der Waals surface area (Å²) in [6, 6.07) is 10.6. The highest BCUT2D eigenvalue weighted by Gasteiger charge is 2.24. The molecular formula is C18H20N4O5S. The zero-order valence-electron chi connectivity index (χ0n) is 15.2. The lowest BCUT2D eigenvalue weighted by atomic mass is 10.1. The van der Waals surface area contributed by atoms with E-state index in [9.17, 15) is 23.3 Å². The Morgan fingerprint density at radius 1 is 1.11 bits per heavy atom. The Morgan fingerprint density at radius 3 is 2.43 bits per heavy atom. The molecule has 1 heterocycles. The predicted molar refractivity (Wildman–Crippen MR) is 107 cm³/mol. The number of nitrogens with one attached hydrogen (secondary N) is 2. The van der Waals surface area contributed by atoms with Crippen LogP contribution in [-0.2, 0) is 10.0 Å². The predicted octanol–water partition coefficient (Wildman–Crippen LogP) is 2.82. The van der Waals surface area contributed by atoms with Gasteiger partial charge in [-0.3, -0.25) is 19.6 Å². The van der Waals surface area contributed by atoms with Crippen molar-refractivity contribution in [3.05, 3.63) is 58.1 Å². The molecule has 2 N–H and O–H groups in total. The van der Waals surface area contributed by atoms with Crippen LogP contribution >= 0.6 is 0 Å². The van der Waals surface area contributed by atoms with E-state index in [2.05, 4.69) is 10.0 Å². The molecule has 0 saturated carbocycles. The highest BCUT2D eigenvalue weighted by molar-refractivity contribution is 7.92. The van der Waals surface area contributed by atoms with Crippen molar-refractivity contribution < 1.29 is 18.1 Å². The van der Waals surface area contributed by atoms with Crippen LogP contribution < -0.4 is 14.9 Å². The average Bonchev–Trinajstić information content (AvgIpc) is 3.14. The van der Waals surface area contributed by atoms with Crippen molar-refractivity contribution in [2.24, 2.45) is 0 Å². The molecule has 0 radical (unpaired) electrons. The van der Waals surface area contributed by atoms with Crippen LogP contribution in [-0.4, -0.2) is 38.6 Å². The third-order valence-electron chi connectivity index (χ3n) is 4.30. The topological polar surface area (TPSA) is 122 Å². The largest absolute Gasteiger partial charge is 0.366 e. The molecule has 0 aliphatic carbocycles. The molecule has 2 aromatic carbocycles. The molecule has 28 heavy (non-hydrogen) atoms. The number of sulfonamides is 1. The summed E-state index contributed by atoms with van der Waals surface area (Å²) < 4.78 is 25.0. The quantitative estimate of drug-likeness (QED) is 0.564. The molecule has 148 valence electrons. The molecule has 3 rings (SSSR count). The number of nitrogens with zero attached hydrogens (tertiary/aromatic N) is 2. The van der Waals surface area contributed by atoms with Crippen LogP contribution in [0.25, 0.3) is 0 Å². The number of amides is 1. The lowest BCUT2D eigenvalue weighted by Gasteiger charge is -2.17. The van der Waals surface area contributed by atoms with Crippen molar-refractivity contribution in [2.45, 2.75) is 12.8 Å². The van der Waals surface area contributed by atoms with E-state index in [0.717, 1.165) is 32.2 Å².